The summed E-state index contributed by atoms with van der Waals surface area (Å²) in [6, 6.07) is 4.73. The first-order chi connectivity index (χ1) is 14.1. The van der Waals surface area contributed by atoms with Crippen molar-refractivity contribution in [2.75, 3.05) is 7.05 Å². The molecular weight excluding hydrogens is 419 g/mol. The first-order valence-electron chi connectivity index (χ1n) is 8.48. The number of alkyl halides is 3. The van der Waals surface area contributed by atoms with Crippen molar-refractivity contribution in [2.45, 2.75) is 20.0 Å². The molecule has 156 valence electrons. The van der Waals surface area contributed by atoms with Gasteiger partial charge in [-0.15, -0.1) is 5.10 Å². The number of rotatable bonds is 4. The number of benzene rings is 1. The van der Waals surface area contributed by atoms with Crippen LogP contribution in [0.15, 0.2) is 34.8 Å². The molecule has 0 spiro atoms. The van der Waals surface area contributed by atoms with Crippen LogP contribution < -0.4 is 5.32 Å². The van der Waals surface area contributed by atoms with E-state index in [2.05, 4.69) is 36.5 Å². The van der Waals surface area contributed by atoms with Gasteiger partial charge in [-0.25, -0.2) is 9.98 Å². The molecule has 1 N–H and O–H groups in total. The Balaban J connectivity index is 1.91. The standard InChI is InChI=1S/C18H16F3N7OS/c1-9-5-6-13-12(7-9)24-17(18(19,20)21)28(13)11(3)23-8-14(22-4)25-16(29)15-10(2)26-27-30-15/h5-8H,3H2,1-2,4H3,(H,22,25,29)/b23-8-. The van der Waals surface area contributed by atoms with E-state index < -0.39 is 17.9 Å². The fraction of sp³-hybridized carbons (Fsp3) is 0.222. The highest BCUT2D eigenvalue weighted by atomic mass is 32.1. The number of carbonyl (C=O) groups excluding carboxylic acids is 1. The Morgan fingerprint density at radius 2 is 2.07 bits per heavy atom. The lowest BCUT2D eigenvalue weighted by Crippen LogP contribution is -2.31. The summed E-state index contributed by atoms with van der Waals surface area (Å²) in [6.07, 6.45) is -3.60. The lowest BCUT2D eigenvalue weighted by Gasteiger charge is -2.11. The number of aliphatic imine (C=N–C) groups is 2. The number of carbonyl (C=O) groups is 1. The van der Waals surface area contributed by atoms with Gasteiger partial charge in [0, 0.05) is 7.05 Å². The van der Waals surface area contributed by atoms with E-state index in [1.54, 1.807) is 26.0 Å². The Morgan fingerprint density at radius 3 is 2.67 bits per heavy atom. The third-order valence-electron chi connectivity index (χ3n) is 4.00. The number of aromatic nitrogens is 4. The van der Waals surface area contributed by atoms with Gasteiger partial charge in [0.05, 0.1) is 22.9 Å². The van der Waals surface area contributed by atoms with Gasteiger partial charge in [0.15, 0.2) is 0 Å². The number of nitrogens with one attached hydrogen (secondary N) is 1. The van der Waals surface area contributed by atoms with Crippen LogP contribution >= 0.6 is 11.5 Å². The molecule has 0 aliphatic heterocycles. The van der Waals surface area contributed by atoms with Crippen LogP contribution in [-0.4, -0.2) is 44.1 Å². The number of fused-ring (bicyclic) bond motifs is 1. The predicted octanol–water partition coefficient (Wildman–Crippen LogP) is 3.48. The molecule has 1 aromatic carbocycles. The van der Waals surface area contributed by atoms with Gasteiger partial charge in [-0.3, -0.25) is 14.4 Å². The third-order valence-corrected chi connectivity index (χ3v) is 4.82. The van der Waals surface area contributed by atoms with Gasteiger partial charge in [-0.1, -0.05) is 17.1 Å². The van der Waals surface area contributed by atoms with Crippen LogP contribution in [0, 0.1) is 13.8 Å². The van der Waals surface area contributed by atoms with Crippen molar-refractivity contribution in [2.24, 2.45) is 9.98 Å². The minimum atomic E-state index is -4.71. The summed E-state index contributed by atoms with van der Waals surface area (Å²) < 4.78 is 45.0. The highest BCUT2D eigenvalue weighted by molar-refractivity contribution is 7.08. The van der Waals surface area contributed by atoms with E-state index in [4.69, 9.17) is 0 Å². The number of nitrogens with zero attached hydrogens (tertiary/aromatic N) is 6. The van der Waals surface area contributed by atoms with Crippen LogP contribution in [0.3, 0.4) is 0 Å². The molecule has 8 nitrogen and oxygen atoms in total. The summed E-state index contributed by atoms with van der Waals surface area (Å²) >= 11 is 0.912. The number of hydrogen-bond acceptors (Lipinski definition) is 7. The van der Waals surface area contributed by atoms with Crippen LogP contribution in [0.2, 0.25) is 0 Å². The molecule has 3 rings (SSSR count). The second-order valence-electron chi connectivity index (χ2n) is 6.19. The highest BCUT2D eigenvalue weighted by Gasteiger charge is 2.38. The molecule has 0 radical (unpaired) electrons. The maximum atomic E-state index is 13.5. The van der Waals surface area contributed by atoms with E-state index in [-0.39, 0.29) is 22.7 Å². The molecule has 3 aromatic rings. The number of amidine groups is 1. The Kier molecular flexibility index (Phi) is 5.78. The second kappa shape index (κ2) is 8.14. The van der Waals surface area contributed by atoms with E-state index in [9.17, 15) is 18.0 Å². The molecule has 0 saturated heterocycles. The monoisotopic (exact) mass is 435 g/mol. The van der Waals surface area contributed by atoms with E-state index >= 15 is 0 Å². The number of imidazole rings is 1. The largest absolute Gasteiger partial charge is 0.450 e. The average molecular weight is 435 g/mol. The van der Waals surface area contributed by atoms with Gasteiger partial charge in [-0.05, 0) is 43.1 Å². The minimum absolute atomic E-state index is 0.0303. The third kappa shape index (κ3) is 4.27. The molecule has 0 atom stereocenters. The summed E-state index contributed by atoms with van der Waals surface area (Å²) in [5.74, 6) is -1.85. The maximum Gasteiger partial charge on any atom is 0.450 e. The second-order valence-corrected chi connectivity index (χ2v) is 6.94. The SMILES string of the molecule is C=C(/N=C\C(=NC)NC(=O)c1snnc1C)n1c(C(F)(F)F)nc2cc(C)ccc21. The summed E-state index contributed by atoms with van der Waals surface area (Å²) in [7, 11) is 1.40. The van der Waals surface area contributed by atoms with Crippen LogP contribution in [0.25, 0.3) is 16.9 Å². The zero-order chi connectivity index (χ0) is 22.1. The van der Waals surface area contributed by atoms with Crippen LogP contribution in [0.1, 0.15) is 26.8 Å². The summed E-state index contributed by atoms with van der Waals surface area (Å²) in [4.78, 5) is 24.1. The minimum Gasteiger partial charge on any atom is -0.305 e. The van der Waals surface area contributed by atoms with Crippen molar-refractivity contribution >= 4 is 46.3 Å². The van der Waals surface area contributed by atoms with Crippen molar-refractivity contribution in [3.8, 4) is 0 Å². The van der Waals surface area contributed by atoms with Crippen molar-refractivity contribution in [3.05, 3.63) is 46.7 Å². The highest BCUT2D eigenvalue weighted by Crippen LogP contribution is 2.33. The molecule has 1 amide bonds. The molecule has 0 saturated carbocycles. The topological polar surface area (TPSA) is 97.4 Å². The summed E-state index contributed by atoms with van der Waals surface area (Å²) in [6.45, 7) is 7.02. The molecule has 0 bridgehead atoms. The Hall–Kier alpha value is -3.41. The lowest BCUT2D eigenvalue weighted by molar-refractivity contribution is -0.145. The molecule has 30 heavy (non-hydrogen) atoms. The normalized spacial score (nSPS) is 12.7. The van der Waals surface area contributed by atoms with Gasteiger partial charge >= 0.3 is 6.18 Å². The number of amides is 1. The van der Waals surface area contributed by atoms with Gasteiger partial charge in [0.2, 0.25) is 5.82 Å². The molecule has 12 heteroatoms. The van der Waals surface area contributed by atoms with Gasteiger partial charge in [0.25, 0.3) is 5.91 Å². The molecule has 0 unspecified atom stereocenters. The van der Waals surface area contributed by atoms with Crippen molar-refractivity contribution in [1.29, 1.82) is 0 Å². The zero-order valence-electron chi connectivity index (χ0n) is 16.2. The number of hydrogen-bond donors (Lipinski definition) is 1. The van der Waals surface area contributed by atoms with E-state index in [1.165, 1.54) is 13.1 Å². The molecular formula is C18H16F3N7OS. The summed E-state index contributed by atoms with van der Waals surface area (Å²) in [5, 5.41) is 6.25. The van der Waals surface area contributed by atoms with Crippen LogP contribution in [0.5, 0.6) is 0 Å². The molecule has 2 heterocycles. The molecule has 0 fully saturated rings. The fourth-order valence-electron chi connectivity index (χ4n) is 2.59. The van der Waals surface area contributed by atoms with E-state index in [0.29, 0.717) is 10.6 Å². The summed E-state index contributed by atoms with van der Waals surface area (Å²) in [5.41, 5.74) is 1.60. The average Bonchev–Trinajstić information content (AvgIpc) is 3.27. The molecule has 2 aromatic heterocycles. The number of aryl methyl sites for hydroxylation is 2. The molecule has 0 aliphatic carbocycles. The zero-order valence-corrected chi connectivity index (χ0v) is 17.0. The Bertz CT molecular complexity index is 1190. The first kappa shape index (κ1) is 21.3. The van der Waals surface area contributed by atoms with Crippen molar-refractivity contribution in [3.63, 3.8) is 0 Å². The smallest absolute Gasteiger partial charge is 0.305 e. The van der Waals surface area contributed by atoms with Crippen molar-refractivity contribution in [1.82, 2.24) is 24.5 Å². The van der Waals surface area contributed by atoms with Crippen molar-refractivity contribution < 1.29 is 18.0 Å². The van der Waals surface area contributed by atoms with E-state index in [1.807, 2.05) is 0 Å². The Morgan fingerprint density at radius 1 is 1.33 bits per heavy atom. The van der Waals surface area contributed by atoms with E-state index in [0.717, 1.165) is 27.9 Å². The quantitative estimate of drug-likeness (QED) is 0.501. The van der Waals surface area contributed by atoms with Crippen LogP contribution in [0.4, 0.5) is 13.2 Å². The lowest BCUT2D eigenvalue weighted by atomic mass is 10.2. The van der Waals surface area contributed by atoms with Gasteiger partial charge in [-0.2, -0.15) is 13.2 Å². The van der Waals surface area contributed by atoms with Crippen LogP contribution in [-0.2, 0) is 6.18 Å². The maximum absolute atomic E-state index is 13.5. The predicted molar refractivity (Wildman–Crippen MR) is 109 cm³/mol. The van der Waals surface area contributed by atoms with Gasteiger partial charge in [0.1, 0.15) is 16.5 Å². The number of halogens is 3. The Labute approximate surface area is 173 Å². The first-order valence-corrected chi connectivity index (χ1v) is 9.26. The molecule has 0 aliphatic rings. The fourth-order valence-corrected chi connectivity index (χ4v) is 3.15. The van der Waals surface area contributed by atoms with Gasteiger partial charge < -0.3 is 5.32 Å².